The molecule has 3 rings (SSSR count). The summed E-state index contributed by atoms with van der Waals surface area (Å²) in [5.41, 5.74) is 2.38. The van der Waals surface area contributed by atoms with Gasteiger partial charge in [0.25, 0.3) is 0 Å². The van der Waals surface area contributed by atoms with Crippen LogP contribution in [-0.4, -0.2) is 40.4 Å². The molecule has 0 radical (unpaired) electrons. The van der Waals surface area contributed by atoms with Crippen molar-refractivity contribution in [2.75, 3.05) is 28.4 Å². The minimum Gasteiger partial charge on any atom is -0.493 e. The Morgan fingerprint density at radius 2 is 0.882 bits per heavy atom. The Bertz CT molecular complexity index is 1120. The molecule has 0 aliphatic heterocycles. The van der Waals surface area contributed by atoms with Crippen molar-refractivity contribution in [2.24, 2.45) is 0 Å². The second-order valence-corrected chi connectivity index (χ2v) is 7.15. The zero-order valence-electron chi connectivity index (χ0n) is 19.9. The Morgan fingerprint density at radius 3 is 1.18 bits per heavy atom. The molecule has 0 aliphatic carbocycles. The molecule has 0 aliphatic rings. The SMILES string of the molecule is COc1ccc(-c2ccc(-c3ccc(OC)c(OC)c3)c(OC(C)=O)c2OC(C)=O)cc1OC. The van der Waals surface area contributed by atoms with Gasteiger partial charge in [0.15, 0.2) is 34.5 Å². The second kappa shape index (κ2) is 10.6. The molecule has 0 unspecified atom stereocenters. The van der Waals surface area contributed by atoms with Crippen LogP contribution in [-0.2, 0) is 9.59 Å². The van der Waals surface area contributed by atoms with E-state index >= 15 is 0 Å². The van der Waals surface area contributed by atoms with E-state index in [9.17, 15) is 9.59 Å². The summed E-state index contributed by atoms with van der Waals surface area (Å²) in [5.74, 6) is 1.13. The molecule has 178 valence electrons. The first kappa shape index (κ1) is 24.4. The van der Waals surface area contributed by atoms with E-state index in [0.29, 0.717) is 45.3 Å². The van der Waals surface area contributed by atoms with Gasteiger partial charge in [-0.25, -0.2) is 0 Å². The number of rotatable bonds is 8. The summed E-state index contributed by atoms with van der Waals surface area (Å²) in [6.07, 6.45) is 0. The molecule has 0 heterocycles. The first-order chi connectivity index (χ1) is 16.3. The van der Waals surface area contributed by atoms with Crippen molar-refractivity contribution in [1.82, 2.24) is 0 Å². The van der Waals surface area contributed by atoms with Crippen molar-refractivity contribution >= 4 is 11.9 Å². The number of carbonyl (C=O) groups excluding carboxylic acids is 2. The fourth-order valence-corrected chi connectivity index (χ4v) is 3.51. The number of benzene rings is 3. The van der Waals surface area contributed by atoms with E-state index in [0.717, 1.165) is 0 Å². The van der Waals surface area contributed by atoms with E-state index in [1.807, 2.05) is 0 Å². The van der Waals surface area contributed by atoms with Crippen LogP contribution in [0.5, 0.6) is 34.5 Å². The van der Waals surface area contributed by atoms with Gasteiger partial charge in [-0.15, -0.1) is 0 Å². The topological polar surface area (TPSA) is 89.5 Å². The first-order valence-corrected chi connectivity index (χ1v) is 10.3. The van der Waals surface area contributed by atoms with Gasteiger partial charge in [0.1, 0.15) is 0 Å². The minimum absolute atomic E-state index is 0.0993. The van der Waals surface area contributed by atoms with E-state index in [4.69, 9.17) is 28.4 Å². The van der Waals surface area contributed by atoms with Gasteiger partial charge in [0.2, 0.25) is 0 Å². The number of methoxy groups -OCH3 is 4. The van der Waals surface area contributed by atoms with Gasteiger partial charge in [-0.1, -0.05) is 12.1 Å². The molecule has 34 heavy (non-hydrogen) atoms. The maximum Gasteiger partial charge on any atom is 0.308 e. The van der Waals surface area contributed by atoms with Crippen LogP contribution in [0.3, 0.4) is 0 Å². The fourth-order valence-electron chi connectivity index (χ4n) is 3.51. The van der Waals surface area contributed by atoms with Crippen molar-refractivity contribution in [1.29, 1.82) is 0 Å². The molecule has 0 spiro atoms. The average Bonchev–Trinajstić information content (AvgIpc) is 2.83. The average molecular weight is 466 g/mol. The van der Waals surface area contributed by atoms with Gasteiger partial charge in [-0.2, -0.15) is 0 Å². The molecule has 0 saturated carbocycles. The predicted octanol–water partition coefficient (Wildman–Crippen LogP) is 4.91. The molecular formula is C26H26O8. The molecule has 8 nitrogen and oxygen atoms in total. The lowest BCUT2D eigenvalue weighted by atomic mass is 9.97. The van der Waals surface area contributed by atoms with Gasteiger partial charge in [-0.3, -0.25) is 9.59 Å². The summed E-state index contributed by atoms with van der Waals surface area (Å²) >= 11 is 0. The Kier molecular flexibility index (Phi) is 7.63. The third-order valence-electron chi connectivity index (χ3n) is 4.99. The molecule has 0 N–H and O–H groups in total. The molecular weight excluding hydrogens is 440 g/mol. The highest BCUT2D eigenvalue weighted by molar-refractivity contribution is 5.89. The molecule has 0 bridgehead atoms. The van der Waals surface area contributed by atoms with Gasteiger partial charge >= 0.3 is 11.9 Å². The van der Waals surface area contributed by atoms with Gasteiger partial charge in [0.05, 0.1) is 28.4 Å². The summed E-state index contributed by atoms with van der Waals surface area (Å²) in [5, 5.41) is 0. The number of esters is 2. The first-order valence-electron chi connectivity index (χ1n) is 10.3. The lowest BCUT2D eigenvalue weighted by molar-refractivity contribution is -0.134. The lowest BCUT2D eigenvalue weighted by Crippen LogP contribution is -2.09. The number of hydrogen-bond acceptors (Lipinski definition) is 8. The number of carbonyl (C=O) groups is 2. The van der Waals surface area contributed by atoms with E-state index in [2.05, 4.69) is 0 Å². The van der Waals surface area contributed by atoms with Gasteiger partial charge in [-0.05, 0) is 47.5 Å². The molecule has 0 fully saturated rings. The lowest BCUT2D eigenvalue weighted by Gasteiger charge is -2.19. The molecule has 0 atom stereocenters. The van der Waals surface area contributed by atoms with E-state index in [1.54, 1.807) is 62.8 Å². The maximum absolute atomic E-state index is 12.0. The van der Waals surface area contributed by atoms with Crippen LogP contribution in [0.4, 0.5) is 0 Å². The monoisotopic (exact) mass is 466 g/mol. The molecule has 3 aromatic rings. The summed E-state index contributed by atoms with van der Waals surface area (Å²) in [6.45, 7) is 2.55. The van der Waals surface area contributed by atoms with Crippen molar-refractivity contribution in [2.45, 2.75) is 13.8 Å². The van der Waals surface area contributed by atoms with Crippen LogP contribution in [0, 0.1) is 0 Å². The van der Waals surface area contributed by atoms with Crippen LogP contribution in [0.25, 0.3) is 22.3 Å². The maximum atomic E-state index is 12.0. The quantitative estimate of drug-likeness (QED) is 0.342. The predicted molar refractivity (Wildman–Crippen MR) is 126 cm³/mol. The van der Waals surface area contributed by atoms with Gasteiger partial charge in [0, 0.05) is 25.0 Å². The van der Waals surface area contributed by atoms with Crippen molar-refractivity contribution in [3.8, 4) is 56.8 Å². The summed E-state index contributed by atoms with van der Waals surface area (Å²) < 4.78 is 32.6. The van der Waals surface area contributed by atoms with Crippen molar-refractivity contribution in [3.05, 3.63) is 48.5 Å². The van der Waals surface area contributed by atoms with Crippen LogP contribution in [0.1, 0.15) is 13.8 Å². The smallest absolute Gasteiger partial charge is 0.308 e. The molecule has 3 aromatic carbocycles. The Labute approximate surface area is 197 Å². The van der Waals surface area contributed by atoms with Crippen LogP contribution >= 0.6 is 0 Å². The molecule has 0 aromatic heterocycles. The van der Waals surface area contributed by atoms with Crippen molar-refractivity contribution in [3.63, 3.8) is 0 Å². The minimum atomic E-state index is -0.570. The van der Waals surface area contributed by atoms with Crippen molar-refractivity contribution < 1.29 is 38.0 Å². The molecule has 0 saturated heterocycles. The highest BCUT2D eigenvalue weighted by atomic mass is 16.6. The standard InChI is InChI=1S/C26H26O8/c1-15(27)33-25-19(17-7-11-21(29-3)23(13-17)31-5)9-10-20(26(25)34-16(2)28)18-8-12-22(30-4)24(14-18)32-6/h7-14H,1-6H3. The largest absolute Gasteiger partial charge is 0.493 e. The van der Waals surface area contributed by atoms with Crippen LogP contribution < -0.4 is 28.4 Å². The second-order valence-electron chi connectivity index (χ2n) is 7.15. The summed E-state index contributed by atoms with van der Waals surface area (Å²) in [4.78, 5) is 24.1. The number of hydrogen-bond donors (Lipinski definition) is 0. The zero-order chi connectivity index (χ0) is 24.8. The Hall–Kier alpha value is -4.20. The van der Waals surface area contributed by atoms with Crippen LogP contribution in [0.2, 0.25) is 0 Å². The third kappa shape index (κ3) is 5.06. The Balaban J connectivity index is 2.30. The molecule has 8 heteroatoms. The van der Waals surface area contributed by atoms with E-state index in [1.165, 1.54) is 28.1 Å². The number of ether oxygens (including phenoxy) is 6. The highest BCUT2D eigenvalue weighted by Crippen LogP contribution is 2.47. The summed E-state index contributed by atoms with van der Waals surface area (Å²) in [6, 6.07) is 14.1. The molecule has 0 amide bonds. The fraction of sp³-hybridized carbons (Fsp3) is 0.231. The van der Waals surface area contributed by atoms with E-state index < -0.39 is 11.9 Å². The summed E-state index contributed by atoms with van der Waals surface area (Å²) in [7, 11) is 6.13. The highest BCUT2D eigenvalue weighted by Gasteiger charge is 2.23. The Morgan fingerprint density at radius 1 is 0.529 bits per heavy atom. The van der Waals surface area contributed by atoms with E-state index in [-0.39, 0.29) is 11.5 Å². The zero-order valence-corrected chi connectivity index (χ0v) is 19.9. The van der Waals surface area contributed by atoms with Gasteiger partial charge < -0.3 is 28.4 Å². The third-order valence-corrected chi connectivity index (χ3v) is 4.99. The van der Waals surface area contributed by atoms with Crippen LogP contribution in [0.15, 0.2) is 48.5 Å². The normalized spacial score (nSPS) is 10.3.